The normalized spacial score (nSPS) is 20.3. The molecule has 24 heavy (non-hydrogen) atoms. The molecule has 4 amide bonds. The number of nitrogens with two attached hydrogens (primary N) is 1. The average Bonchev–Trinajstić information content (AvgIpc) is 3.09. The molecule has 3 rings (SSSR count). The maximum Gasteiger partial charge on any atom is 0.325 e. The third-order valence-electron chi connectivity index (χ3n) is 4.94. The van der Waals surface area contributed by atoms with E-state index in [4.69, 9.17) is 5.73 Å². The quantitative estimate of drug-likeness (QED) is 0.580. The summed E-state index contributed by atoms with van der Waals surface area (Å²) in [7, 11) is 0. The Morgan fingerprint density at radius 3 is 2.67 bits per heavy atom. The van der Waals surface area contributed by atoms with E-state index >= 15 is 0 Å². The number of carbonyl (C=O) groups is 3. The van der Waals surface area contributed by atoms with Crippen molar-refractivity contribution in [1.82, 2.24) is 10.2 Å². The van der Waals surface area contributed by atoms with Crippen LogP contribution in [0.15, 0.2) is 18.2 Å². The Labute approximate surface area is 140 Å². The van der Waals surface area contributed by atoms with Crippen LogP contribution in [0.25, 0.3) is 0 Å². The molecule has 4 N–H and O–H groups in total. The molecule has 2 aliphatic rings. The van der Waals surface area contributed by atoms with Crippen molar-refractivity contribution in [3.05, 3.63) is 23.8 Å². The molecule has 1 aliphatic carbocycles. The van der Waals surface area contributed by atoms with E-state index in [-0.39, 0.29) is 5.91 Å². The molecule has 1 saturated carbocycles. The molecule has 0 radical (unpaired) electrons. The number of carbonyl (C=O) groups excluding carboxylic acids is 3. The Balaban J connectivity index is 1.77. The van der Waals surface area contributed by atoms with Crippen molar-refractivity contribution in [2.24, 2.45) is 0 Å². The van der Waals surface area contributed by atoms with Gasteiger partial charge in [-0.05, 0) is 44.4 Å². The van der Waals surface area contributed by atoms with Crippen molar-refractivity contribution in [3.63, 3.8) is 0 Å². The minimum atomic E-state index is -0.890. The van der Waals surface area contributed by atoms with Gasteiger partial charge in [0.15, 0.2) is 0 Å². The molecular weight excluding hydrogens is 308 g/mol. The number of benzene rings is 1. The number of nitrogen functional groups attached to an aromatic ring is 1. The highest BCUT2D eigenvalue weighted by Crippen LogP contribution is 2.35. The van der Waals surface area contributed by atoms with Gasteiger partial charge in [-0.2, -0.15) is 0 Å². The van der Waals surface area contributed by atoms with Gasteiger partial charge >= 0.3 is 6.03 Å². The van der Waals surface area contributed by atoms with E-state index in [0.717, 1.165) is 23.3 Å². The summed E-state index contributed by atoms with van der Waals surface area (Å²) in [6.07, 6.45) is 3.08. The molecular formula is C17H22N4O3. The molecule has 1 spiro atoms. The highest BCUT2D eigenvalue weighted by molar-refractivity contribution is 6.11. The summed E-state index contributed by atoms with van der Waals surface area (Å²) in [5.74, 6) is -0.709. The molecule has 2 fully saturated rings. The maximum atomic E-state index is 12.7. The first-order valence-corrected chi connectivity index (χ1v) is 8.17. The van der Waals surface area contributed by atoms with Gasteiger partial charge in [0, 0.05) is 11.4 Å². The minimum absolute atomic E-state index is 0.294. The number of rotatable bonds is 3. The number of hydrogen-bond acceptors (Lipinski definition) is 4. The highest BCUT2D eigenvalue weighted by atomic mass is 16.2. The first-order valence-electron chi connectivity index (χ1n) is 8.17. The van der Waals surface area contributed by atoms with Gasteiger partial charge < -0.3 is 16.4 Å². The van der Waals surface area contributed by atoms with E-state index in [1.165, 1.54) is 0 Å². The molecule has 1 saturated heterocycles. The molecule has 128 valence electrons. The van der Waals surface area contributed by atoms with Crippen LogP contribution in [0, 0.1) is 6.92 Å². The van der Waals surface area contributed by atoms with E-state index in [1.807, 2.05) is 6.92 Å². The lowest BCUT2D eigenvalue weighted by Gasteiger charge is -2.23. The van der Waals surface area contributed by atoms with Gasteiger partial charge in [0.05, 0.1) is 0 Å². The molecule has 1 aromatic carbocycles. The smallest absolute Gasteiger partial charge is 0.325 e. The van der Waals surface area contributed by atoms with Gasteiger partial charge in [0.2, 0.25) is 5.91 Å². The number of imide groups is 1. The summed E-state index contributed by atoms with van der Waals surface area (Å²) < 4.78 is 0. The van der Waals surface area contributed by atoms with Crippen LogP contribution in [0.5, 0.6) is 0 Å². The summed E-state index contributed by atoms with van der Waals surface area (Å²) >= 11 is 0. The van der Waals surface area contributed by atoms with Crippen LogP contribution in [0.3, 0.4) is 0 Å². The van der Waals surface area contributed by atoms with Gasteiger partial charge in [-0.3, -0.25) is 9.59 Å². The maximum absolute atomic E-state index is 12.7. The van der Waals surface area contributed by atoms with Crippen LogP contribution in [0.1, 0.15) is 38.2 Å². The lowest BCUT2D eigenvalue weighted by Crippen LogP contribution is -2.48. The highest BCUT2D eigenvalue weighted by Gasteiger charge is 2.54. The molecule has 0 aromatic heterocycles. The zero-order chi connectivity index (χ0) is 17.5. The standard InChI is InChI=1S/C17H22N4O3/c1-10-5-6-12(18)9-13(10)19-14(22)11(2)21-15(23)17(20-16(21)24)7-3-4-8-17/h5-6,9,11H,3-4,7-8,18H2,1-2H3,(H,19,22)(H,20,24). The number of aryl methyl sites for hydroxylation is 1. The van der Waals surface area contributed by atoms with E-state index in [2.05, 4.69) is 10.6 Å². The Morgan fingerprint density at radius 2 is 2.00 bits per heavy atom. The van der Waals surface area contributed by atoms with Crippen molar-refractivity contribution in [2.75, 3.05) is 11.1 Å². The number of hydrogen-bond donors (Lipinski definition) is 3. The van der Waals surface area contributed by atoms with Gasteiger partial charge in [-0.25, -0.2) is 9.69 Å². The van der Waals surface area contributed by atoms with Crippen LogP contribution in [-0.2, 0) is 9.59 Å². The number of nitrogens with zero attached hydrogens (tertiary/aromatic N) is 1. The van der Waals surface area contributed by atoms with Crippen LogP contribution in [0.2, 0.25) is 0 Å². The summed E-state index contributed by atoms with van der Waals surface area (Å²) in [6, 6.07) is 3.82. The summed E-state index contributed by atoms with van der Waals surface area (Å²) in [6.45, 7) is 3.41. The van der Waals surface area contributed by atoms with Crippen molar-refractivity contribution in [2.45, 2.75) is 51.1 Å². The molecule has 1 aromatic rings. The Hall–Kier alpha value is -2.57. The monoisotopic (exact) mass is 330 g/mol. The molecule has 1 unspecified atom stereocenters. The number of nitrogens with one attached hydrogen (secondary N) is 2. The predicted molar refractivity (Wildman–Crippen MR) is 90.3 cm³/mol. The third kappa shape index (κ3) is 2.60. The first-order chi connectivity index (χ1) is 11.3. The third-order valence-corrected chi connectivity index (χ3v) is 4.94. The second-order valence-electron chi connectivity index (χ2n) is 6.63. The SMILES string of the molecule is Cc1ccc(N)cc1NC(=O)C(C)N1C(=O)NC2(CCCC2)C1=O. The van der Waals surface area contributed by atoms with Crippen molar-refractivity contribution >= 4 is 29.2 Å². The topological polar surface area (TPSA) is 105 Å². The molecule has 7 nitrogen and oxygen atoms in total. The molecule has 0 bridgehead atoms. The van der Waals surface area contributed by atoms with E-state index in [1.54, 1.807) is 25.1 Å². The zero-order valence-electron chi connectivity index (χ0n) is 13.9. The lowest BCUT2D eigenvalue weighted by atomic mass is 9.97. The van der Waals surface area contributed by atoms with Crippen molar-refractivity contribution < 1.29 is 14.4 Å². The van der Waals surface area contributed by atoms with Gasteiger partial charge in [0.25, 0.3) is 5.91 Å². The van der Waals surface area contributed by atoms with Crippen LogP contribution < -0.4 is 16.4 Å². The fourth-order valence-corrected chi connectivity index (χ4v) is 3.44. The van der Waals surface area contributed by atoms with E-state index < -0.39 is 23.5 Å². The van der Waals surface area contributed by atoms with Gasteiger partial charge in [-0.15, -0.1) is 0 Å². The number of anilines is 2. The van der Waals surface area contributed by atoms with Gasteiger partial charge in [-0.1, -0.05) is 18.9 Å². The van der Waals surface area contributed by atoms with E-state index in [9.17, 15) is 14.4 Å². The fourth-order valence-electron chi connectivity index (χ4n) is 3.44. The second-order valence-corrected chi connectivity index (χ2v) is 6.63. The molecule has 1 heterocycles. The second kappa shape index (κ2) is 5.81. The summed E-state index contributed by atoms with van der Waals surface area (Å²) in [4.78, 5) is 38.5. The van der Waals surface area contributed by atoms with E-state index in [0.29, 0.717) is 24.2 Å². The lowest BCUT2D eigenvalue weighted by molar-refractivity contribution is -0.136. The molecule has 7 heteroatoms. The van der Waals surface area contributed by atoms with Crippen LogP contribution >= 0.6 is 0 Å². The first kappa shape index (κ1) is 16.3. The zero-order valence-corrected chi connectivity index (χ0v) is 13.9. The Kier molecular flexibility index (Phi) is 3.95. The fraction of sp³-hybridized carbons (Fsp3) is 0.471. The minimum Gasteiger partial charge on any atom is -0.399 e. The summed E-state index contributed by atoms with van der Waals surface area (Å²) in [5, 5.41) is 5.54. The van der Waals surface area contributed by atoms with Crippen LogP contribution in [0.4, 0.5) is 16.2 Å². The Bertz CT molecular complexity index is 710. The molecule has 1 aliphatic heterocycles. The van der Waals surface area contributed by atoms with Gasteiger partial charge in [0.1, 0.15) is 11.6 Å². The average molecular weight is 330 g/mol. The van der Waals surface area contributed by atoms with Crippen molar-refractivity contribution in [3.8, 4) is 0 Å². The van der Waals surface area contributed by atoms with Crippen LogP contribution in [-0.4, -0.2) is 34.3 Å². The predicted octanol–water partition coefficient (Wildman–Crippen LogP) is 1.77. The molecule has 1 atom stereocenters. The number of amides is 4. The van der Waals surface area contributed by atoms with Crippen molar-refractivity contribution in [1.29, 1.82) is 0 Å². The summed E-state index contributed by atoms with van der Waals surface area (Å²) in [5.41, 5.74) is 6.90. The Morgan fingerprint density at radius 1 is 1.33 bits per heavy atom. The largest absolute Gasteiger partial charge is 0.399 e. The number of urea groups is 1.